The fourth-order valence-corrected chi connectivity index (χ4v) is 4.30. The second kappa shape index (κ2) is 7.71. The molecule has 2 aromatic heterocycles. The van der Waals surface area contributed by atoms with Gasteiger partial charge in [-0.15, -0.1) is 0 Å². The van der Waals surface area contributed by atoms with Crippen LogP contribution in [-0.2, 0) is 0 Å². The van der Waals surface area contributed by atoms with E-state index in [0.29, 0.717) is 0 Å². The van der Waals surface area contributed by atoms with Gasteiger partial charge in [-0.1, -0.05) is 54.6 Å². The molecule has 0 amide bonds. The van der Waals surface area contributed by atoms with Gasteiger partial charge in [0.15, 0.2) is 0 Å². The van der Waals surface area contributed by atoms with Crippen molar-refractivity contribution < 1.29 is 0 Å². The normalized spacial score (nSPS) is 11.1. The van der Waals surface area contributed by atoms with E-state index in [9.17, 15) is 0 Å². The Morgan fingerprint density at radius 2 is 1.25 bits per heavy atom. The maximum absolute atomic E-state index is 4.70. The molecule has 0 spiro atoms. The lowest BCUT2D eigenvalue weighted by Crippen LogP contribution is -1.94. The summed E-state index contributed by atoms with van der Waals surface area (Å²) in [5.41, 5.74) is 7.81. The quantitative estimate of drug-likeness (QED) is 0.324. The van der Waals surface area contributed by atoms with E-state index in [1.165, 1.54) is 16.5 Å². The number of para-hydroxylation sites is 2. The van der Waals surface area contributed by atoms with Gasteiger partial charge in [-0.05, 0) is 71.8 Å². The summed E-state index contributed by atoms with van der Waals surface area (Å²) in [6.07, 6.45) is 1.86. The fourth-order valence-electron chi connectivity index (χ4n) is 4.30. The molecule has 3 heteroatoms. The van der Waals surface area contributed by atoms with Crippen LogP contribution in [0.5, 0.6) is 0 Å². The summed E-state index contributed by atoms with van der Waals surface area (Å²) in [4.78, 5) is 4.70. The molecule has 0 fully saturated rings. The molecule has 152 valence electrons. The SMILES string of the molecule is c1ccc(Nc2ccc(-c3ccc4c(c3)c3cccnc3n4-c3ccccc3)cc2)cc1. The van der Waals surface area contributed by atoms with Gasteiger partial charge in [0.05, 0.1) is 5.52 Å². The van der Waals surface area contributed by atoms with Gasteiger partial charge < -0.3 is 5.32 Å². The monoisotopic (exact) mass is 411 g/mol. The van der Waals surface area contributed by atoms with Crippen molar-refractivity contribution in [3.05, 3.63) is 121 Å². The van der Waals surface area contributed by atoms with E-state index < -0.39 is 0 Å². The van der Waals surface area contributed by atoms with Crippen molar-refractivity contribution in [1.82, 2.24) is 9.55 Å². The van der Waals surface area contributed by atoms with E-state index in [1.54, 1.807) is 0 Å². The van der Waals surface area contributed by atoms with Crippen molar-refractivity contribution in [2.45, 2.75) is 0 Å². The van der Waals surface area contributed by atoms with Crippen molar-refractivity contribution in [1.29, 1.82) is 0 Å². The third-order valence-electron chi connectivity index (χ3n) is 5.82. The van der Waals surface area contributed by atoms with Crippen LogP contribution in [0.2, 0.25) is 0 Å². The number of anilines is 2. The average molecular weight is 412 g/mol. The Kier molecular flexibility index (Phi) is 4.43. The summed E-state index contributed by atoms with van der Waals surface area (Å²) >= 11 is 0. The number of aromatic nitrogens is 2. The van der Waals surface area contributed by atoms with Gasteiger partial charge >= 0.3 is 0 Å². The predicted octanol–water partition coefficient (Wildman–Crippen LogP) is 7.59. The Hall–Kier alpha value is -4.37. The van der Waals surface area contributed by atoms with E-state index in [1.807, 2.05) is 36.5 Å². The number of pyridine rings is 1. The first kappa shape index (κ1) is 18.4. The standard InChI is InChI=1S/C29H21N3/c1-3-8-23(9-4-1)31-24-16-13-21(14-17-24)22-15-18-28-27(20-22)26-12-7-19-30-29(26)32(28)25-10-5-2-6-11-25/h1-20,31H. The summed E-state index contributed by atoms with van der Waals surface area (Å²) in [6.45, 7) is 0. The van der Waals surface area contributed by atoms with Gasteiger partial charge in [0.1, 0.15) is 5.65 Å². The molecule has 0 saturated heterocycles. The highest BCUT2D eigenvalue weighted by Gasteiger charge is 2.13. The van der Waals surface area contributed by atoms with E-state index in [2.05, 4.69) is 94.8 Å². The second-order valence-electron chi connectivity index (χ2n) is 7.85. The highest BCUT2D eigenvalue weighted by atomic mass is 15.0. The average Bonchev–Trinajstić information content (AvgIpc) is 3.19. The van der Waals surface area contributed by atoms with Crippen molar-refractivity contribution in [3.63, 3.8) is 0 Å². The number of hydrogen-bond donors (Lipinski definition) is 1. The summed E-state index contributed by atoms with van der Waals surface area (Å²) in [6, 6.07) is 40.1. The maximum Gasteiger partial charge on any atom is 0.145 e. The zero-order chi connectivity index (χ0) is 21.3. The topological polar surface area (TPSA) is 29.9 Å². The van der Waals surface area contributed by atoms with Crippen LogP contribution in [0.3, 0.4) is 0 Å². The molecule has 0 aliphatic heterocycles. The molecule has 0 unspecified atom stereocenters. The Bertz CT molecular complexity index is 1520. The van der Waals surface area contributed by atoms with Crippen LogP contribution < -0.4 is 5.32 Å². The lowest BCUT2D eigenvalue weighted by Gasteiger charge is -2.09. The van der Waals surface area contributed by atoms with Crippen molar-refractivity contribution in [2.24, 2.45) is 0 Å². The van der Waals surface area contributed by atoms with Crippen LogP contribution in [0.4, 0.5) is 11.4 Å². The number of rotatable bonds is 4. The first-order chi connectivity index (χ1) is 15.9. The molecule has 0 aliphatic carbocycles. The highest BCUT2D eigenvalue weighted by Crippen LogP contribution is 2.34. The molecule has 6 aromatic rings. The fraction of sp³-hybridized carbons (Fsp3) is 0. The van der Waals surface area contributed by atoms with E-state index in [4.69, 9.17) is 4.98 Å². The van der Waals surface area contributed by atoms with Gasteiger partial charge in [-0.25, -0.2) is 4.98 Å². The maximum atomic E-state index is 4.70. The molecule has 3 nitrogen and oxygen atoms in total. The third kappa shape index (κ3) is 3.21. The lowest BCUT2D eigenvalue weighted by atomic mass is 10.0. The molecule has 6 rings (SSSR count). The zero-order valence-corrected chi connectivity index (χ0v) is 17.4. The van der Waals surface area contributed by atoms with E-state index in [0.717, 1.165) is 33.6 Å². The van der Waals surface area contributed by atoms with Gasteiger partial charge in [0, 0.05) is 34.0 Å². The highest BCUT2D eigenvalue weighted by molar-refractivity contribution is 6.09. The molecule has 2 heterocycles. The van der Waals surface area contributed by atoms with Crippen molar-refractivity contribution in [3.8, 4) is 16.8 Å². The molecule has 0 saturated carbocycles. The van der Waals surface area contributed by atoms with Crippen LogP contribution in [0.1, 0.15) is 0 Å². The Morgan fingerprint density at radius 3 is 2.03 bits per heavy atom. The number of hydrogen-bond acceptors (Lipinski definition) is 2. The van der Waals surface area contributed by atoms with Crippen molar-refractivity contribution >= 4 is 33.3 Å². The Morgan fingerprint density at radius 1 is 0.562 bits per heavy atom. The number of nitrogens with one attached hydrogen (secondary N) is 1. The van der Waals surface area contributed by atoms with Crippen LogP contribution in [-0.4, -0.2) is 9.55 Å². The molecule has 0 bridgehead atoms. The minimum Gasteiger partial charge on any atom is -0.356 e. The second-order valence-corrected chi connectivity index (χ2v) is 7.85. The molecular formula is C29H21N3. The Balaban J connectivity index is 1.43. The van der Waals surface area contributed by atoms with Gasteiger partial charge in [0.2, 0.25) is 0 Å². The van der Waals surface area contributed by atoms with Gasteiger partial charge in [0.25, 0.3) is 0 Å². The van der Waals surface area contributed by atoms with Crippen LogP contribution in [0, 0.1) is 0 Å². The summed E-state index contributed by atoms with van der Waals surface area (Å²) in [5.74, 6) is 0. The summed E-state index contributed by atoms with van der Waals surface area (Å²) < 4.78 is 2.24. The smallest absolute Gasteiger partial charge is 0.145 e. The van der Waals surface area contributed by atoms with Crippen LogP contribution >= 0.6 is 0 Å². The zero-order valence-electron chi connectivity index (χ0n) is 17.4. The minimum atomic E-state index is 0.980. The summed E-state index contributed by atoms with van der Waals surface area (Å²) in [5, 5.41) is 5.82. The van der Waals surface area contributed by atoms with Crippen LogP contribution in [0.25, 0.3) is 38.8 Å². The van der Waals surface area contributed by atoms with E-state index in [-0.39, 0.29) is 0 Å². The number of fused-ring (bicyclic) bond motifs is 3. The lowest BCUT2D eigenvalue weighted by molar-refractivity contribution is 1.14. The van der Waals surface area contributed by atoms with Gasteiger partial charge in [-0.3, -0.25) is 4.57 Å². The first-order valence-electron chi connectivity index (χ1n) is 10.7. The van der Waals surface area contributed by atoms with E-state index >= 15 is 0 Å². The number of nitrogens with zero attached hydrogens (tertiary/aromatic N) is 2. The largest absolute Gasteiger partial charge is 0.356 e. The molecule has 0 aliphatic rings. The molecule has 0 radical (unpaired) electrons. The Labute approximate surface area is 186 Å². The molecule has 0 atom stereocenters. The molecular weight excluding hydrogens is 390 g/mol. The van der Waals surface area contributed by atoms with Gasteiger partial charge in [-0.2, -0.15) is 0 Å². The minimum absolute atomic E-state index is 0.980. The predicted molar refractivity (Wildman–Crippen MR) is 134 cm³/mol. The third-order valence-corrected chi connectivity index (χ3v) is 5.82. The number of benzene rings is 4. The summed E-state index contributed by atoms with van der Waals surface area (Å²) in [7, 11) is 0. The molecule has 1 N–H and O–H groups in total. The van der Waals surface area contributed by atoms with Crippen molar-refractivity contribution in [2.75, 3.05) is 5.32 Å². The first-order valence-corrected chi connectivity index (χ1v) is 10.7. The molecule has 32 heavy (non-hydrogen) atoms. The van der Waals surface area contributed by atoms with Crippen LogP contribution in [0.15, 0.2) is 121 Å². The molecule has 4 aromatic carbocycles.